The van der Waals surface area contributed by atoms with Crippen LogP contribution in [0.4, 0.5) is 0 Å². The Morgan fingerprint density at radius 2 is 1.87 bits per heavy atom. The summed E-state index contributed by atoms with van der Waals surface area (Å²) in [4.78, 5) is 12.9. The molecule has 0 radical (unpaired) electrons. The van der Waals surface area contributed by atoms with Crippen molar-refractivity contribution < 1.29 is 19.4 Å². The summed E-state index contributed by atoms with van der Waals surface area (Å²) in [5.74, 6) is -0.774. The monoisotopic (exact) mass is 217 g/mol. The average molecular weight is 217 g/mol. The highest BCUT2D eigenvalue weighted by Gasteiger charge is 2.38. The number of ether oxygens (including phenoxy) is 2. The second-order valence-corrected chi connectivity index (χ2v) is 3.76. The van der Waals surface area contributed by atoms with Crippen LogP contribution in [0.25, 0.3) is 0 Å². The summed E-state index contributed by atoms with van der Waals surface area (Å²) in [6.45, 7) is 3.13. The largest absolute Gasteiger partial charge is 0.480 e. The third-order valence-electron chi connectivity index (χ3n) is 2.96. The van der Waals surface area contributed by atoms with E-state index < -0.39 is 12.0 Å². The third kappa shape index (κ3) is 2.68. The highest BCUT2D eigenvalue weighted by atomic mass is 16.5. The molecule has 1 aliphatic heterocycles. The van der Waals surface area contributed by atoms with E-state index in [-0.39, 0.29) is 12.2 Å². The lowest BCUT2D eigenvalue weighted by atomic mass is 10.2. The molecule has 1 aliphatic rings. The number of methoxy groups -OCH3 is 2. The second kappa shape index (κ2) is 5.44. The molecule has 15 heavy (non-hydrogen) atoms. The number of aliphatic carboxylic acids is 1. The molecule has 0 unspecified atom stereocenters. The van der Waals surface area contributed by atoms with Crippen LogP contribution in [0.1, 0.15) is 13.3 Å². The zero-order valence-corrected chi connectivity index (χ0v) is 9.47. The van der Waals surface area contributed by atoms with Gasteiger partial charge in [0.15, 0.2) is 0 Å². The first kappa shape index (κ1) is 12.4. The number of hydrogen-bond donors (Lipinski definition) is 1. The topological polar surface area (TPSA) is 59.0 Å². The van der Waals surface area contributed by atoms with E-state index in [1.807, 2.05) is 11.8 Å². The van der Waals surface area contributed by atoms with Crippen LogP contribution in [0.5, 0.6) is 0 Å². The molecule has 5 heteroatoms. The summed E-state index contributed by atoms with van der Waals surface area (Å²) < 4.78 is 10.5. The summed E-state index contributed by atoms with van der Waals surface area (Å²) in [6, 6.07) is -0.428. The molecule has 1 heterocycles. The molecule has 1 saturated heterocycles. The summed E-state index contributed by atoms with van der Waals surface area (Å²) >= 11 is 0. The first-order valence-electron chi connectivity index (χ1n) is 5.16. The highest BCUT2D eigenvalue weighted by molar-refractivity contribution is 5.73. The van der Waals surface area contributed by atoms with Crippen LogP contribution in [-0.4, -0.2) is 61.5 Å². The van der Waals surface area contributed by atoms with Crippen molar-refractivity contribution in [3.8, 4) is 0 Å². The number of nitrogens with zero attached hydrogens (tertiary/aromatic N) is 1. The standard InChI is InChI=1S/C10H19NO4/c1-4-7(10(12)13)11-5-8(14-2)9(6-11)15-3/h7-9H,4-6H2,1-3H3,(H,12,13)/t7-,8+,9+/m1/s1. The van der Waals surface area contributed by atoms with Crippen molar-refractivity contribution in [1.29, 1.82) is 0 Å². The molecule has 0 aliphatic carbocycles. The van der Waals surface area contributed by atoms with Crippen molar-refractivity contribution in [1.82, 2.24) is 4.90 Å². The molecule has 0 aromatic rings. The van der Waals surface area contributed by atoms with Crippen LogP contribution in [0.15, 0.2) is 0 Å². The van der Waals surface area contributed by atoms with Gasteiger partial charge in [-0.2, -0.15) is 0 Å². The minimum atomic E-state index is -0.774. The van der Waals surface area contributed by atoms with Gasteiger partial charge in [-0.25, -0.2) is 0 Å². The maximum atomic E-state index is 11.0. The normalized spacial score (nSPS) is 29.3. The molecule has 1 rings (SSSR count). The molecule has 88 valence electrons. The smallest absolute Gasteiger partial charge is 0.320 e. The molecule has 0 aromatic carbocycles. The van der Waals surface area contributed by atoms with Gasteiger partial charge in [-0.1, -0.05) is 6.92 Å². The molecule has 0 spiro atoms. The van der Waals surface area contributed by atoms with Crippen molar-refractivity contribution in [2.75, 3.05) is 27.3 Å². The van der Waals surface area contributed by atoms with Gasteiger partial charge in [0.2, 0.25) is 0 Å². The second-order valence-electron chi connectivity index (χ2n) is 3.76. The van der Waals surface area contributed by atoms with Crippen LogP contribution in [0.3, 0.4) is 0 Å². The van der Waals surface area contributed by atoms with Gasteiger partial charge >= 0.3 is 5.97 Å². The molecule has 0 aromatic heterocycles. The van der Waals surface area contributed by atoms with E-state index in [4.69, 9.17) is 14.6 Å². The fourth-order valence-electron chi connectivity index (χ4n) is 2.07. The SMILES string of the molecule is CC[C@H](C(=O)O)N1C[C@H](OC)[C@@H](OC)C1. The molecule has 0 saturated carbocycles. The maximum Gasteiger partial charge on any atom is 0.320 e. The Balaban J connectivity index is 2.62. The Morgan fingerprint density at radius 3 is 2.13 bits per heavy atom. The summed E-state index contributed by atoms with van der Waals surface area (Å²) in [7, 11) is 3.25. The Morgan fingerprint density at radius 1 is 1.40 bits per heavy atom. The summed E-state index contributed by atoms with van der Waals surface area (Å²) in [5, 5.41) is 9.03. The summed E-state index contributed by atoms with van der Waals surface area (Å²) in [6.07, 6.45) is 0.550. The van der Waals surface area contributed by atoms with E-state index in [0.717, 1.165) is 0 Å². The fraction of sp³-hybridized carbons (Fsp3) is 0.900. The van der Waals surface area contributed by atoms with Crippen molar-refractivity contribution in [2.45, 2.75) is 31.6 Å². The van der Waals surface area contributed by atoms with E-state index in [0.29, 0.717) is 19.5 Å². The highest BCUT2D eigenvalue weighted by Crippen LogP contribution is 2.19. The molecule has 1 N–H and O–H groups in total. The van der Waals surface area contributed by atoms with Crippen molar-refractivity contribution >= 4 is 5.97 Å². The molecular formula is C10H19NO4. The maximum absolute atomic E-state index is 11.0. The van der Waals surface area contributed by atoms with E-state index in [9.17, 15) is 4.79 Å². The number of rotatable bonds is 5. The zero-order valence-electron chi connectivity index (χ0n) is 9.47. The van der Waals surface area contributed by atoms with Gasteiger partial charge in [-0.15, -0.1) is 0 Å². The molecule has 0 bridgehead atoms. The Labute approximate surface area is 90.0 Å². The van der Waals surface area contributed by atoms with E-state index >= 15 is 0 Å². The van der Waals surface area contributed by atoms with E-state index in [1.54, 1.807) is 14.2 Å². The first-order valence-corrected chi connectivity index (χ1v) is 5.16. The number of carboxylic acids is 1. The quantitative estimate of drug-likeness (QED) is 0.712. The lowest BCUT2D eigenvalue weighted by Gasteiger charge is -2.22. The number of carboxylic acid groups (broad SMARTS) is 1. The third-order valence-corrected chi connectivity index (χ3v) is 2.96. The van der Waals surface area contributed by atoms with Gasteiger partial charge in [0.1, 0.15) is 6.04 Å². The average Bonchev–Trinajstić information content (AvgIpc) is 2.61. The van der Waals surface area contributed by atoms with Crippen LogP contribution in [-0.2, 0) is 14.3 Å². The van der Waals surface area contributed by atoms with Crippen LogP contribution in [0, 0.1) is 0 Å². The van der Waals surface area contributed by atoms with Gasteiger partial charge in [0, 0.05) is 27.3 Å². The minimum Gasteiger partial charge on any atom is -0.480 e. The molecule has 3 atom stereocenters. The fourth-order valence-corrected chi connectivity index (χ4v) is 2.07. The Hall–Kier alpha value is -0.650. The van der Waals surface area contributed by atoms with Gasteiger partial charge in [0.05, 0.1) is 12.2 Å². The van der Waals surface area contributed by atoms with E-state index in [2.05, 4.69) is 0 Å². The lowest BCUT2D eigenvalue weighted by Crippen LogP contribution is -2.40. The predicted octanol–water partition coefficient (Wildman–Crippen LogP) is 0.195. The molecule has 5 nitrogen and oxygen atoms in total. The van der Waals surface area contributed by atoms with Crippen LogP contribution >= 0.6 is 0 Å². The number of carbonyl (C=O) groups is 1. The molecular weight excluding hydrogens is 198 g/mol. The Bertz CT molecular complexity index is 209. The van der Waals surface area contributed by atoms with Crippen molar-refractivity contribution in [3.63, 3.8) is 0 Å². The van der Waals surface area contributed by atoms with Crippen LogP contribution in [0.2, 0.25) is 0 Å². The van der Waals surface area contributed by atoms with Gasteiger partial charge in [-0.3, -0.25) is 9.69 Å². The zero-order chi connectivity index (χ0) is 11.4. The lowest BCUT2D eigenvalue weighted by molar-refractivity contribution is -0.143. The van der Waals surface area contributed by atoms with E-state index in [1.165, 1.54) is 0 Å². The van der Waals surface area contributed by atoms with Gasteiger partial charge in [0.25, 0.3) is 0 Å². The first-order chi connectivity index (χ1) is 7.13. The molecule has 0 amide bonds. The minimum absolute atomic E-state index is 0.0246. The van der Waals surface area contributed by atoms with Crippen molar-refractivity contribution in [3.05, 3.63) is 0 Å². The Kier molecular flexibility index (Phi) is 4.50. The van der Waals surface area contributed by atoms with Gasteiger partial charge in [-0.05, 0) is 6.42 Å². The molecule has 1 fully saturated rings. The predicted molar refractivity (Wildman–Crippen MR) is 54.9 cm³/mol. The number of hydrogen-bond acceptors (Lipinski definition) is 4. The summed E-state index contributed by atoms with van der Waals surface area (Å²) in [5.41, 5.74) is 0. The van der Waals surface area contributed by atoms with Crippen LogP contribution < -0.4 is 0 Å². The van der Waals surface area contributed by atoms with Gasteiger partial charge < -0.3 is 14.6 Å². The number of likely N-dealkylation sites (tertiary alicyclic amines) is 1. The van der Waals surface area contributed by atoms with Crippen molar-refractivity contribution in [2.24, 2.45) is 0 Å².